The SMILES string of the molecule is COc1ccc(OCCN2CCN(c3ccccc3OC)CC2)cc1. The van der Waals surface area contributed by atoms with E-state index in [0.717, 1.165) is 50.0 Å². The summed E-state index contributed by atoms with van der Waals surface area (Å²) in [6, 6.07) is 15.9. The lowest BCUT2D eigenvalue weighted by molar-refractivity contribution is 0.200. The van der Waals surface area contributed by atoms with Crippen molar-refractivity contribution in [3.8, 4) is 17.2 Å². The molecule has 0 unspecified atom stereocenters. The van der Waals surface area contributed by atoms with E-state index in [-0.39, 0.29) is 0 Å². The molecule has 2 aromatic carbocycles. The zero-order valence-corrected chi connectivity index (χ0v) is 15.0. The molecule has 1 saturated heterocycles. The average molecular weight is 342 g/mol. The molecule has 1 aliphatic heterocycles. The van der Waals surface area contributed by atoms with E-state index in [2.05, 4.69) is 21.9 Å². The van der Waals surface area contributed by atoms with Crippen molar-refractivity contribution in [2.24, 2.45) is 0 Å². The Morgan fingerprint density at radius 3 is 2.16 bits per heavy atom. The lowest BCUT2D eigenvalue weighted by Gasteiger charge is -2.36. The van der Waals surface area contributed by atoms with Gasteiger partial charge in [0.05, 0.1) is 19.9 Å². The summed E-state index contributed by atoms with van der Waals surface area (Å²) in [5.74, 6) is 2.67. The monoisotopic (exact) mass is 342 g/mol. The standard InChI is InChI=1S/C20H26N2O3/c1-23-17-7-9-18(10-8-17)25-16-15-21-11-13-22(14-12-21)19-5-3-4-6-20(19)24-2/h3-10H,11-16H2,1-2H3. The summed E-state index contributed by atoms with van der Waals surface area (Å²) in [4.78, 5) is 4.83. The normalized spacial score (nSPS) is 15.0. The Balaban J connectivity index is 1.43. The van der Waals surface area contributed by atoms with Crippen molar-refractivity contribution in [2.75, 3.05) is 58.5 Å². The molecule has 0 atom stereocenters. The summed E-state index contributed by atoms with van der Waals surface area (Å²) in [5, 5.41) is 0. The van der Waals surface area contributed by atoms with Crippen molar-refractivity contribution >= 4 is 5.69 Å². The second-order valence-electron chi connectivity index (χ2n) is 6.02. The zero-order valence-electron chi connectivity index (χ0n) is 15.0. The number of para-hydroxylation sites is 2. The Hall–Kier alpha value is -2.40. The molecule has 5 nitrogen and oxygen atoms in total. The van der Waals surface area contributed by atoms with Crippen LogP contribution in [0, 0.1) is 0 Å². The highest BCUT2D eigenvalue weighted by Crippen LogP contribution is 2.28. The molecule has 0 N–H and O–H groups in total. The number of piperazine rings is 1. The van der Waals surface area contributed by atoms with Gasteiger partial charge in [-0.05, 0) is 36.4 Å². The molecule has 0 saturated carbocycles. The number of hydrogen-bond acceptors (Lipinski definition) is 5. The lowest BCUT2D eigenvalue weighted by Crippen LogP contribution is -2.47. The molecule has 0 spiro atoms. The highest BCUT2D eigenvalue weighted by atomic mass is 16.5. The topological polar surface area (TPSA) is 34.2 Å². The van der Waals surface area contributed by atoms with E-state index in [1.54, 1.807) is 14.2 Å². The van der Waals surface area contributed by atoms with Crippen LogP contribution in [0.2, 0.25) is 0 Å². The summed E-state index contributed by atoms with van der Waals surface area (Å²) in [6.45, 7) is 5.70. The van der Waals surface area contributed by atoms with Gasteiger partial charge in [0.1, 0.15) is 23.9 Å². The van der Waals surface area contributed by atoms with Crippen LogP contribution in [0.25, 0.3) is 0 Å². The van der Waals surface area contributed by atoms with Gasteiger partial charge in [0.15, 0.2) is 0 Å². The van der Waals surface area contributed by atoms with E-state index in [1.807, 2.05) is 36.4 Å². The maximum Gasteiger partial charge on any atom is 0.142 e. The van der Waals surface area contributed by atoms with Crippen LogP contribution in [0.3, 0.4) is 0 Å². The first-order valence-electron chi connectivity index (χ1n) is 8.67. The minimum atomic E-state index is 0.695. The van der Waals surface area contributed by atoms with E-state index >= 15 is 0 Å². The number of anilines is 1. The summed E-state index contributed by atoms with van der Waals surface area (Å²) in [6.07, 6.45) is 0. The summed E-state index contributed by atoms with van der Waals surface area (Å²) >= 11 is 0. The molecule has 1 heterocycles. The van der Waals surface area contributed by atoms with Gasteiger partial charge in [-0.3, -0.25) is 4.90 Å². The first kappa shape index (κ1) is 17.4. The molecule has 134 valence electrons. The highest BCUT2D eigenvalue weighted by Gasteiger charge is 2.19. The van der Waals surface area contributed by atoms with Gasteiger partial charge in [-0.15, -0.1) is 0 Å². The van der Waals surface area contributed by atoms with Gasteiger partial charge in [-0.1, -0.05) is 12.1 Å². The second kappa shape index (κ2) is 8.62. The van der Waals surface area contributed by atoms with Crippen molar-refractivity contribution in [1.29, 1.82) is 0 Å². The minimum absolute atomic E-state index is 0.695. The van der Waals surface area contributed by atoms with Gasteiger partial charge in [0.2, 0.25) is 0 Å². The number of methoxy groups -OCH3 is 2. The van der Waals surface area contributed by atoms with Crippen molar-refractivity contribution in [1.82, 2.24) is 4.90 Å². The molecule has 1 fully saturated rings. The van der Waals surface area contributed by atoms with Crippen molar-refractivity contribution in [2.45, 2.75) is 0 Å². The van der Waals surface area contributed by atoms with Crippen molar-refractivity contribution in [3.63, 3.8) is 0 Å². The van der Waals surface area contributed by atoms with Crippen LogP contribution in [-0.2, 0) is 0 Å². The maximum atomic E-state index is 5.83. The van der Waals surface area contributed by atoms with Crippen LogP contribution >= 0.6 is 0 Å². The lowest BCUT2D eigenvalue weighted by atomic mass is 10.2. The Kier molecular flexibility index (Phi) is 6.01. The Morgan fingerprint density at radius 2 is 1.48 bits per heavy atom. The van der Waals surface area contributed by atoms with Crippen LogP contribution in [0.1, 0.15) is 0 Å². The first-order valence-corrected chi connectivity index (χ1v) is 8.67. The van der Waals surface area contributed by atoms with Crippen LogP contribution in [0.4, 0.5) is 5.69 Å². The molecule has 5 heteroatoms. The fraction of sp³-hybridized carbons (Fsp3) is 0.400. The third kappa shape index (κ3) is 4.57. The maximum absolute atomic E-state index is 5.83. The summed E-state index contributed by atoms with van der Waals surface area (Å²) in [5.41, 5.74) is 1.18. The molecule has 0 radical (unpaired) electrons. The van der Waals surface area contributed by atoms with Gasteiger partial charge >= 0.3 is 0 Å². The van der Waals surface area contributed by atoms with Crippen LogP contribution in [-0.4, -0.2) is 58.5 Å². The molecule has 0 amide bonds. The molecule has 25 heavy (non-hydrogen) atoms. The van der Waals surface area contributed by atoms with Crippen molar-refractivity contribution in [3.05, 3.63) is 48.5 Å². The van der Waals surface area contributed by atoms with E-state index in [4.69, 9.17) is 14.2 Å². The predicted octanol–water partition coefficient (Wildman–Crippen LogP) is 2.90. The summed E-state index contributed by atoms with van der Waals surface area (Å²) in [7, 11) is 3.39. The molecule has 1 aliphatic rings. The molecule has 0 aliphatic carbocycles. The molecular weight excluding hydrogens is 316 g/mol. The van der Waals surface area contributed by atoms with E-state index in [9.17, 15) is 0 Å². The minimum Gasteiger partial charge on any atom is -0.497 e. The fourth-order valence-electron chi connectivity index (χ4n) is 3.07. The first-order chi connectivity index (χ1) is 12.3. The third-order valence-electron chi connectivity index (χ3n) is 4.53. The van der Waals surface area contributed by atoms with Gasteiger partial charge in [0, 0.05) is 32.7 Å². The van der Waals surface area contributed by atoms with Crippen LogP contribution in [0.15, 0.2) is 48.5 Å². The largest absolute Gasteiger partial charge is 0.497 e. The molecule has 0 aromatic heterocycles. The Labute approximate surface area is 149 Å². The number of benzene rings is 2. The van der Waals surface area contributed by atoms with E-state index < -0.39 is 0 Å². The predicted molar refractivity (Wildman–Crippen MR) is 100 cm³/mol. The number of ether oxygens (including phenoxy) is 3. The van der Waals surface area contributed by atoms with E-state index in [0.29, 0.717) is 6.61 Å². The fourth-order valence-corrected chi connectivity index (χ4v) is 3.07. The number of hydrogen-bond donors (Lipinski definition) is 0. The molecule has 0 bridgehead atoms. The third-order valence-corrected chi connectivity index (χ3v) is 4.53. The smallest absolute Gasteiger partial charge is 0.142 e. The number of nitrogens with zero attached hydrogens (tertiary/aromatic N) is 2. The van der Waals surface area contributed by atoms with Crippen LogP contribution < -0.4 is 19.1 Å². The molecule has 2 aromatic rings. The van der Waals surface area contributed by atoms with Crippen molar-refractivity contribution < 1.29 is 14.2 Å². The van der Waals surface area contributed by atoms with Gasteiger partial charge in [-0.25, -0.2) is 0 Å². The quantitative estimate of drug-likeness (QED) is 0.773. The van der Waals surface area contributed by atoms with E-state index in [1.165, 1.54) is 5.69 Å². The van der Waals surface area contributed by atoms with Crippen LogP contribution in [0.5, 0.6) is 17.2 Å². The molecular formula is C20H26N2O3. The number of rotatable bonds is 7. The highest BCUT2D eigenvalue weighted by molar-refractivity contribution is 5.58. The van der Waals surface area contributed by atoms with Gasteiger partial charge in [0.25, 0.3) is 0 Å². The Bertz CT molecular complexity index is 652. The molecule has 3 rings (SSSR count). The summed E-state index contributed by atoms with van der Waals surface area (Å²) < 4.78 is 16.5. The Morgan fingerprint density at radius 1 is 0.800 bits per heavy atom. The zero-order chi connectivity index (χ0) is 17.5. The second-order valence-corrected chi connectivity index (χ2v) is 6.02. The van der Waals surface area contributed by atoms with Gasteiger partial charge in [-0.2, -0.15) is 0 Å². The average Bonchev–Trinajstić information content (AvgIpc) is 2.69. The van der Waals surface area contributed by atoms with Gasteiger partial charge < -0.3 is 19.1 Å².